The molecule has 2 aromatic rings. The summed E-state index contributed by atoms with van der Waals surface area (Å²) in [5.41, 5.74) is 8.78. The van der Waals surface area contributed by atoms with Crippen molar-refractivity contribution in [3.05, 3.63) is 46.8 Å². The molecule has 3 N–H and O–H groups in total. The number of rotatable bonds is 2. The lowest BCUT2D eigenvalue weighted by Gasteiger charge is -2.26. The van der Waals surface area contributed by atoms with Gasteiger partial charge in [0, 0.05) is 51.2 Å². The maximum Gasteiger partial charge on any atom is 0.269 e. The van der Waals surface area contributed by atoms with Crippen molar-refractivity contribution in [3.8, 4) is 18.0 Å². The van der Waals surface area contributed by atoms with E-state index in [1.807, 2.05) is 24.3 Å². The minimum atomic E-state index is -0.722. The summed E-state index contributed by atoms with van der Waals surface area (Å²) in [7, 11) is 1.69. The van der Waals surface area contributed by atoms with Gasteiger partial charge in [0.2, 0.25) is 5.91 Å². The summed E-state index contributed by atoms with van der Waals surface area (Å²) in [6, 6.07) is 7.37. The highest BCUT2D eigenvalue weighted by molar-refractivity contribution is 5.93. The third-order valence-corrected chi connectivity index (χ3v) is 5.39. The van der Waals surface area contributed by atoms with Crippen molar-refractivity contribution in [1.82, 2.24) is 19.6 Å². The lowest BCUT2D eigenvalue weighted by atomic mass is 10.0. The predicted octanol–water partition coefficient (Wildman–Crippen LogP) is 0.0665. The third-order valence-electron chi connectivity index (χ3n) is 5.39. The Kier molecular flexibility index (Phi) is 6.42. The smallest absolute Gasteiger partial charge is 0.269 e. The van der Waals surface area contributed by atoms with Crippen molar-refractivity contribution in [3.63, 3.8) is 0 Å². The van der Waals surface area contributed by atoms with Crippen LogP contribution in [0.5, 0.6) is 0 Å². The van der Waals surface area contributed by atoms with Gasteiger partial charge in [-0.2, -0.15) is 5.10 Å². The Morgan fingerprint density at radius 2 is 2.06 bits per heavy atom. The molecule has 3 heterocycles. The van der Waals surface area contributed by atoms with Gasteiger partial charge in [0.25, 0.3) is 11.8 Å². The average molecular weight is 423 g/mol. The molecule has 0 saturated carbocycles. The van der Waals surface area contributed by atoms with Crippen LogP contribution in [0.15, 0.2) is 24.3 Å². The number of carbonyl (C=O) groups is 3. The number of nitrogens with zero attached hydrogens (tertiary/aromatic N) is 4. The van der Waals surface area contributed by atoms with Crippen LogP contribution >= 0.6 is 0 Å². The molecule has 0 unspecified atom stereocenters. The van der Waals surface area contributed by atoms with Gasteiger partial charge in [0.05, 0.1) is 11.4 Å². The second-order valence-corrected chi connectivity index (χ2v) is 7.50. The fourth-order valence-electron chi connectivity index (χ4n) is 3.63. The fraction of sp³-hybridized carbons (Fsp3) is 0.364. The van der Waals surface area contributed by atoms with Crippen molar-refractivity contribution < 1.29 is 19.5 Å². The molecule has 2 aliphatic heterocycles. The molecular weight excluding hydrogens is 398 g/mol. The van der Waals surface area contributed by atoms with Gasteiger partial charge < -0.3 is 20.6 Å². The second kappa shape index (κ2) is 9.02. The molecule has 2 aliphatic rings. The Morgan fingerprint density at radius 3 is 2.58 bits per heavy atom. The van der Waals surface area contributed by atoms with Crippen LogP contribution in [0.3, 0.4) is 0 Å². The van der Waals surface area contributed by atoms with E-state index in [2.05, 4.69) is 11.0 Å². The molecule has 1 aromatic carbocycles. The number of benzene rings is 1. The summed E-state index contributed by atoms with van der Waals surface area (Å²) < 4.78 is 1.70. The van der Waals surface area contributed by atoms with Gasteiger partial charge in [-0.25, -0.2) is 4.68 Å². The Hall–Kier alpha value is -3.64. The van der Waals surface area contributed by atoms with E-state index in [9.17, 15) is 14.4 Å². The molecule has 1 atom stereocenters. The van der Waals surface area contributed by atoms with Gasteiger partial charge in [0.1, 0.15) is 6.10 Å². The number of likely N-dealkylation sites (tertiary alicyclic amines) is 1. The maximum atomic E-state index is 11.7. The number of hydrogen-bond donors (Lipinski definition) is 2. The molecule has 31 heavy (non-hydrogen) atoms. The molecular formula is C22H25N5O4. The fourth-order valence-corrected chi connectivity index (χ4v) is 3.63. The number of aromatic nitrogens is 2. The van der Waals surface area contributed by atoms with Crippen molar-refractivity contribution in [2.24, 2.45) is 5.73 Å². The van der Waals surface area contributed by atoms with Crippen LogP contribution in [-0.4, -0.2) is 68.6 Å². The van der Waals surface area contributed by atoms with E-state index in [0.29, 0.717) is 38.0 Å². The van der Waals surface area contributed by atoms with Gasteiger partial charge >= 0.3 is 0 Å². The summed E-state index contributed by atoms with van der Waals surface area (Å²) in [6.45, 7) is 3.13. The van der Waals surface area contributed by atoms with Crippen LogP contribution in [-0.2, 0) is 22.6 Å². The highest BCUT2D eigenvalue weighted by Gasteiger charge is 2.29. The molecule has 162 valence electrons. The first kappa shape index (κ1) is 22.1. The summed E-state index contributed by atoms with van der Waals surface area (Å²) in [5.74, 6) is 1.80. The second-order valence-electron chi connectivity index (χ2n) is 7.50. The normalized spacial score (nSPS) is 17.5. The van der Waals surface area contributed by atoms with E-state index in [1.165, 1.54) is 11.8 Å². The number of fused-ring (bicyclic) bond motifs is 1. The summed E-state index contributed by atoms with van der Waals surface area (Å²) >= 11 is 0. The van der Waals surface area contributed by atoms with Crippen LogP contribution < -0.4 is 5.73 Å². The Morgan fingerprint density at radius 1 is 1.32 bits per heavy atom. The first-order valence-corrected chi connectivity index (χ1v) is 9.89. The Balaban J connectivity index is 0.000000287. The first-order valence-electron chi connectivity index (χ1n) is 9.89. The minimum absolute atomic E-state index is 0.0341. The molecule has 0 radical (unpaired) electrons. The van der Waals surface area contributed by atoms with Crippen LogP contribution in [0.1, 0.15) is 40.7 Å². The van der Waals surface area contributed by atoms with E-state index < -0.39 is 12.0 Å². The van der Waals surface area contributed by atoms with Gasteiger partial charge in [-0.1, -0.05) is 12.0 Å². The highest BCUT2D eigenvalue weighted by Crippen LogP contribution is 2.25. The zero-order chi connectivity index (χ0) is 22.7. The Labute approximate surface area is 180 Å². The van der Waals surface area contributed by atoms with Crippen LogP contribution in [0.4, 0.5) is 0 Å². The monoisotopic (exact) mass is 423 g/mol. The number of hydrogen-bond acceptors (Lipinski definition) is 5. The largest absolute Gasteiger partial charge is 0.383 e. The lowest BCUT2D eigenvalue weighted by Crippen LogP contribution is -2.35. The van der Waals surface area contributed by atoms with Crippen molar-refractivity contribution in [2.75, 3.05) is 20.1 Å². The summed E-state index contributed by atoms with van der Waals surface area (Å²) in [4.78, 5) is 37.1. The lowest BCUT2D eigenvalue weighted by molar-refractivity contribution is -0.133. The quantitative estimate of drug-likeness (QED) is 0.662. The zero-order valence-corrected chi connectivity index (χ0v) is 17.5. The molecule has 0 bridgehead atoms. The average Bonchev–Trinajstić information content (AvgIpc) is 3.29. The van der Waals surface area contributed by atoms with Crippen molar-refractivity contribution >= 4 is 17.7 Å². The number of aliphatic hydroxyl groups is 1. The number of amides is 3. The highest BCUT2D eigenvalue weighted by atomic mass is 16.3. The number of primary amides is 1. The van der Waals surface area contributed by atoms with Crippen LogP contribution in [0, 0.1) is 12.3 Å². The van der Waals surface area contributed by atoms with E-state index in [4.69, 9.17) is 17.3 Å². The minimum Gasteiger partial charge on any atom is -0.383 e. The predicted molar refractivity (Wildman–Crippen MR) is 113 cm³/mol. The first-order chi connectivity index (χ1) is 14.7. The zero-order valence-electron chi connectivity index (χ0n) is 17.5. The van der Waals surface area contributed by atoms with Crippen molar-refractivity contribution in [1.29, 1.82) is 0 Å². The Bertz CT molecular complexity index is 1060. The standard InChI is InChI=1S/C17H16N4O2.C5H9NO2/c1-3-12-5-4-6-13(9-12)21-15-7-8-20(11(2)22)10-14(15)16(19-21)17(18)23;1-6-3-2-4(7)5(6)8/h1,4-6,9H,7-8,10H2,2H3,(H2,18,23);4,7H,2-3H2,1H3/t;4-/m.0/s1. The van der Waals surface area contributed by atoms with Crippen molar-refractivity contribution in [2.45, 2.75) is 32.4 Å². The number of aliphatic hydroxyl groups excluding tert-OH is 1. The number of carbonyl (C=O) groups excluding carboxylic acids is 3. The summed E-state index contributed by atoms with van der Waals surface area (Å²) in [5, 5.41) is 13.1. The third kappa shape index (κ3) is 4.59. The van der Waals surface area contributed by atoms with E-state index in [-0.39, 0.29) is 17.5 Å². The number of likely N-dealkylation sites (N-methyl/N-ethyl adjacent to an activating group) is 1. The van der Waals surface area contributed by atoms with Crippen LogP contribution in [0.2, 0.25) is 0 Å². The summed E-state index contributed by atoms with van der Waals surface area (Å²) in [6.07, 6.45) is 5.92. The molecule has 9 heteroatoms. The van der Waals surface area contributed by atoms with E-state index >= 15 is 0 Å². The molecule has 3 amide bonds. The van der Waals surface area contributed by atoms with Gasteiger partial charge in [0.15, 0.2) is 5.69 Å². The number of terminal acetylenes is 1. The molecule has 1 fully saturated rings. The molecule has 1 saturated heterocycles. The molecule has 1 aromatic heterocycles. The van der Waals surface area contributed by atoms with Gasteiger partial charge in [-0.05, 0) is 24.6 Å². The molecule has 9 nitrogen and oxygen atoms in total. The molecule has 0 aliphatic carbocycles. The van der Waals surface area contributed by atoms with E-state index in [0.717, 1.165) is 16.9 Å². The topological polar surface area (TPSA) is 122 Å². The maximum absolute atomic E-state index is 11.7. The van der Waals surface area contributed by atoms with Crippen LogP contribution in [0.25, 0.3) is 5.69 Å². The van der Waals surface area contributed by atoms with Gasteiger partial charge in [-0.15, -0.1) is 6.42 Å². The SMILES string of the molecule is C#Cc1cccc(-n2nc(C(N)=O)c3c2CCN(C(C)=O)C3)c1.CN1CC[C@H](O)C1=O. The molecule has 0 spiro atoms. The molecule has 4 rings (SSSR count). The van der Waals surface area contributed by atoms with Gasteiger partial charge in [-0.3, -0.25) is 14.4 Å². The van der Waals surface area contributed by atoms with E-state index in [1.54, 1.807) is 16.6 Å². The number of nitrogens with two attached hydrogens (primary N) is 1.